The SMILES string of the molecule is CCC(=O)c1ccc(-c2ccccc2COC)o1. The van der Waals surface area contributed by atoms with Gasteiger partial charge in [0.1, 0.15) is 5.76 Å². The third kappa shape index (κ3) is 2.51. The average Bonchev–Trinajstić information content (AvgIpc) is 2.88. The number of hydrogen-bond donors (Lipinski definition) is 0. The molecule has 0 saturated heterocycles. The van der Waals surface area contributed by atoms with Gasteiger partial charge in [-0.3, -0.25) is 4.79 Å². The molecule has 18 heavy (non-hydrogen) atoms. The van der Waals surface area contributed by atoms with Gasteiger partial charge in [0.25, 0.3) is 0 Å². The Morgan fingerprint density at radius 1 is 1.22 bits per heavy atom. The summed E-state index contributed by atoms with van der Waals surface area (Å²) in [6.45, 7) is 2.34. The van der Waals surface area contributed by atoms with Crippen LogP contribution < -0.4 is 0 Å². The Balaban J connectivity index is 2.36. The molecule has 1 aromatic carbocycles. The molecule has 0 fully saturated rings. The van der Waals surface area contributed by atoms with Crippen molar-refractivity contribution >= 4 is 5.78 Å². The Morgan fingerprint density at radius 3 is 2.72 bits per heavy atom. The summed E-state index contributed by atoms with van der Waals surface area (Å²) in [7, 11) is 1.66. The smallest absolute Gasteiger partial charge is 0.197 e. The van der Waals surface area contributed by atoms with Crippen LogP contribution in [-0.2, 0) is 11.3 Å². The van der Waals surface area contributed by atoms with Crippen molar-refractivity contribution in [1.82, 2.24) is 0 Å². The summed E-state index contributed by atoms with van der Waals surface area (Å²) in [4.78, 5) is 11.6. The van der Waals surface area contributed by atoms with Crippen LogP contribution in [0.2, 0.25) is 0 Å². The summed E-state index contributed by atoms with van der Waals surface area (Å²) >= 11 is 0. The van der Waals surface area contributed by atoms with Crippen molar-refractivity contribution in [2.24, 2.45) is 0 Å². The van der Waals surface area contributed by atoms with Crippen LogP contribution in [0.4, 0.5) is 0 Å². The molecule has 1 aromatic heterocycles. The topological polar surface area (TPSA) is 39.4 Å². The average molecular weight is 244 g/mol. The number of methoxy groups -OCH3 is 1. The first-order valence-corrected chi connectivity index (χ1v) is 5.96. The Morgan fingerprint density at radius 2 is 2.00 bits per heavy atom. The molecule has 0 bridgehead atoms. The Hall–Kier alpha value is -1.87. The third-order valence-electron chi connectivity index (χ3n) is 2.78. The number of furan rings is 1. The van der Waals surface area contributed by atoms with Gasteiger partial charge in [-0.2, -0.15) is 0 Å². The number of ether oxygens (including phenoxy) is 1. The van der Waals surface area contributed by atoms with Crippen molar-refractivity contribution in [2.75, 3.05) is 7.11 Å². The lowest BCUT2D eigenvalue weighted by atomic mass is 10.1. The normalized spacial score (nSPS) is 10.6. The quantitative estimate of drug-likeness (QED) is 0.753. The lowest BCUT2D eigenvalue weighted by Gasteiger charge is -2.05. The molecule has 0 saturated carbocycles. The molecule has 2 rings (SSSR count). The number of carbonyl (C=O) groups is 1. The lowest BCUT2D eigenvalue weighted by Crippen LogP contribution is -1.93. The van der Waals surface area contributed by atoms with Gasteiger partial charge in [0.05, 0.1) is 6.61 Å². The van der Waals surface area contributed by atoms with Gasteiger partial charge in [0.2, 0.25) is 0 Å². The maximum atomic E-state index is 11.6. The van der Waals surface area contributed by atoms with E-state index in [1.54, 1.807) is 13.2 Å². The number of ketones is 1. The monoisotopic (exact) mass is 244 g/mol. The number of rotatable bonds is 5. The van der Waals surface area contributed by atoms with Crippen LogP contribution in [0.15, 0.2) is 40.8 Å². The number of carbonyl (C=O) groups excluding carboxylic acids is 1. The molecule has 0 aliphatic heterocycles. The van der Waals surface area contributed by atoms with Crippen molar-refractivity contribution in [3.8, 4) is 11.3 Å². The zero-order valence-electron chi connectivity index (χ0n) is 10.6. The van der Waals surface area contributed by atoms with Gasteiger partial charge in [-0.15, -0.1) is 0 Å². The van der Waals surface area contributed by atoms with Gasteiger partial charge < -0.3 is 9.15 Å². The van der Waals surface area contributed by atoms with E-state index in [2.05, 4.69) is 0 Å². The standard InChI is InChI=1S/C15H16O3/c1-3-13(16)15-9-8-14(18-15)12-7-5-4-6-11(12)10-17-2/h4-9H,3,10H2,1-2H3. The fraction of sp³-hybridized carbons (Fsp3) is 0.267. The number of hydrogen-bond acceptors (Lipinski definition) is 3. The lowest BCUT2D eigenvalue weighted by molar-refractivity contribution is 0.0962. The fourth-order valence-corrected chi connectivity index (χ4v) is 1.85. The van der Waals surface area contributed by atoms with Crippen molar-refractivity contribution in [3.05, 3.63) is 47.7 Å². The summed E-state index contributed by atoms with van der Waals surface area (Å²) < 4.78 is 10.8. The summed E-state index contributed by atoms with van der Waals surface area (Å²) in [5, 5.41) is 0. The molecule has 3 nitrogen and oxygen atoms in total. The van der Waals surface area contributed by atoms with Crippen LogP contribution in [-0.4, -0.2) is 12.9 Å². The molecule has 0 radical (unpaired) electrons. The highest BCUT2D eigenvalue weighted by Crippen LogP contribution is 2.26. The van der Waals surface area contributed by atoms with E-state index in [0.29, 0.717) is 24.5 Å². The molecule has 3 heteroatoms. The van der Waals surface area contributed by atoms with E-state index in [-0.39, 0.29) is 5.78 Å². The first kappa shape index (κ1) is 12.6. The second-order valence-electron chi connectivity index (χ2n) is 4.03. The van der Waals surface area contributed by atoms with Crippen molar-refractivity contribution < 1.29 is 13.9 Å². The third-order valence-corrected chi connectivity index (χ3v) is 2.78. The highest BCUT2D eigenvalue weighted by atomic mass is 16.5. The van der Waals surface area contributed by atoms with Crippen LogP contribution in [0.5, 0.6) is 0 Å². The number of benzene rings is 1. The Bertz CT molecular complexity index is 540. The van der Waals surface area contributed by atoms with Gasteiger partial charge in [-0.25, -0.2) is 0 Å². The number of Topliss-reactive ketones (excluding diaryl/α,β-unsaturated/α-hetero) is 1. The van der Waals surface area contributed by atoms with E-state index in [4.69, 9.17) is 9.15 Å². The molecule has 0 atom stereocenters. The zero-order valence-corrected chi connectivity index (χ0v) is 10.6. The minimum atomic E-state index is 0.0190. The largest absolute Gasteiger partial charge is 0.453 e. The molecule has 2 aromatic rings. The predicted molar refractivity (Wildman–Crippen MR) is 69.5 cm³/mol. The van der Waals surface area contributed by atoms with Crippen molar-refractivity contribution in [2.45, 2.75) is 20.0 Å². The molecule has 0 amide bonds. The second-order valence-corrected chi connectivity index (χ2v) is 4.03. The molecular formula is C15H16O3. The summed E-state index contributed by atoms with van der Waals surface area (Å²) in [5.74, 6) is 1.14. The van der Waals surface area contributed by atoms with Gasteiger partial charge in [-0.1, -0.05) is 31.2 Å². The molecule has 0 aliphatic rings. The molecule has 94 valence electrons. The summed E-state index contributed by atoms with van der Waals surface area (Å²) in [5.41, 5.74) is 2.01. The Kier molecular flexibility index (Phi) is 3.95. The van der Waals surface area contributed by atoms with Gasteiger partial charge >= 0.3 is 0 Å². The van der Waals surface area contributed by atoms with Gasteiger partial charge in [0, 0.05) is 19.1 Å². The first-order valence-electron chi connectivity index (χ1n) is 5.96. The molecule has 0 N–H and O–H groups in total. The van der Waals surface area contributed by atoms with Crippen LogP contribution in [0.1, 0.15) is 29.5 Å². The molecular weight excluding hydrogens is 228 g/mol. The van der Waals surface area contributed by atoms with Gasteiger partial charge in [0.15, 0.2) is 11.5 Å². The fourth-order valence-electron chi connectivity index (χ4n) is 1.85. The molecule has 1 heterocycles. The van der Waals surface area contributed by atoms with Crippen molar-refractivity contribution in [3.63, 3.8) is 0 Å². The van der Waals surface area contributed by atoms with E-state index >= 15 is 0 Å². The second kappa shape index (κ2) is 5.65. The summed E-state index contributed by atoms with van der Waals surface area (Å²) in [6.07, 6.45) is 0.451. The highest BCUT2D eigenvalue weighted by Gasteiger charge is 2.12. The van der Waals surface area contributed by atoms with E-state index in [0.717, 1.165) is 11.1 Å². The van der Waals surface area contributed by atoms with E-state index in [1.165, 1.54) is 0 Å². The maximum absolute atomic E-state index is 11.6. The van der Waals surface area contributed by atoms with Crippen LogP contribution in [0.25, 0.3) is 11.3 Å². The van der Waals surface area contributed by atoms with Crippen LogP contribution >= 0.6 is 0 Å². The maximum Gasteiger partial charge on any atom is 0.197 e. The summed E-state index contributed by atoms with van der Waals surface area (Å²) in [6, 6.07) is 11.4. The highest BCUT2D eigenvalue weighted by molar-refractivity contribution is 5.93. The minimum absolute atomic E-state index is 0.0190. The van der Waals surface area contributed by atoms with Gasteiger partial charge in [-0.05, 0) is 17.7 Å². The first-order chi connectivity index (χ1) is 8.76. The molecule has 0 aliphatic carbocycles. The minimum Gasteiger partial charge on any atom is -0.453 e. The molecule has 0 spiro atoms. The molecule has 0 unspecified atom stereocenters. The van der Waals surface area contributed by atoms with E-state index in [1.807, 2.05) is 37.3 Å². The van der Waals surface area contributed by atoms with E-state index < -0.39 is 0 Å². The predicted octanol–water partition coefficient (Wildman–Crippen LogP) is 3.69. The van der Waals surface area contributed by atoms with E-state index in [9.17, 15) is 4.79 Å². The zero-order chi connectivity index (χ0) is 13.0. The Labute approximate surface area is 106 Å². The van der Waals surface area contributed by atoms with Crippen LogP contribution in [0.3, 0.4) is 0 Å². The van der Waals surface area contributed by atoms with Crippen molar-refractivity contribution in [1.29, 1.82) is 0 Å². The van der Waals surface area contributed by atoms with Crippen LogP contribution in [0, 0.1) is 0 Å².